The number of carbonyl (C=O) groups excluding carboxylic acids is 3. The number of nitrogens with one attached hydrogen (secondary N) is 2. The molecular weight excluding hydrogens is 556 g/mol. The van der Waals surface area contributed by atoms with Gasteiger partial charge < -0.3 is 29.7 Å². The predicted molar refractivity (Wildman–Crippen MR) is 157 cm³/mol. The van der Waals surface area contributed by atoms with Crippen molar-refractivity contribution in [1.29, 1.82) is 0 Å². The summed E-state index contributed by atoms with van der Waals surface area (Å²) < 4.78 is 17.8. The molecule has 3 amide bonds. The number of fused-ring (bicyclic) bond motifs is 3. The summed E-state index contributed by atoms with van der Waals surface area (Å²) >= 11 is 1.33. The smallest absolute Gasteiger partial charge is 0.265 e. The van der Waals surface area contributed by atoms with Crippen LogP contribution in [0.4, 0.5) is 0 Å². The SMILES string of the molecule is CNC(=O)[C@@H](NC(=O)[C@@H]1CN(C(=O)c2cncs2)CC12CC(CC1CCOCC1)C2)[C@@H](C)OCC12CCC(CC1)OC2. The van der Waals surface area contributed by atoms with Gasteiger partial charge in [-0.15, -0.1) is 11.3 Å². The Bertz CT molecular complexity index is 1100. The van der Waals surface area contributed by atoms with Gasteiger partial charge in [-0.3, -0.25) is 19.4 Å². The van der Waals surface area contributed by atoms with Gasteiger partial charge in [0.2, 0.25) is 11.8 Å². The van der Waals surface area contributed by atoms with E-state index < -0.39 is 12.1 Å². The number of hydrogen-bond acceptors (Lipinski definition) is 8. The molecule has 7 rings (SSSR count). The quantitative estimate of drug-likeness (QED) is 0.423. The van der Waals surface area contributed by atoms with Crippen LogP contribution in [0.1, 0.15) is 74.4 Å². The van der Waals surface area contributed by atoms with Crippen LogP contribution in [0.25, 0.3) is 0 Å². The summed E-state index contributed by atoms with van der Waals surface area (Å²) in [6, 6.07) is -0.818. The van der Waals surface area contributed by atoms with E-state index in [9.17, 15) is 14.4 Å². The van der Waals surface area contributed by atoms with Crippen molar-refractivity contribution in [2.75, 3.05) is 46.6 Å². The van der Waals surface area contributed by atoms with Crippen LogP contribution in [0.5, 0.6) is 0 Å². The maximum Gasteiger partial charge on any atom is 0.265 e. The van der Waals surface area contributed by atoms with Gasteiger partial charge in [-0.25, -0.2) is 0 Å². The van der Waals surface area contributed by atoms with Crippen LogP contribution in [0, 0.1) is 28.6 Å². The van der Waals surface area contributed by atoms with E-state index in [0.717, 1.165) is 71.0 Å². The average molecular weight is 603 g/mol. The Morgan fingerprint density at radius 1 is 1.17 bits per heavy atom. The standard InChI is InChI=1S/C31H46N4O6S/c1-20(40-17-30-7-3-23(4-8-30)41-18-30)26(28(37)32-2)34-27(36)24-15-35(29(38)25-14-33-19-42-25)16-31(24)12-22(13-31)11-21-5-9-39-10-6-21/h14,19-24,26H,3-13,15-18H2,1-2H3,(H,32,37)(H,34,36)/t20-,22?,23?,24+,26+,30?,31?/m1/s1. The second-order valence-electron chi connectivity index (χ2n) is 13.7. The van der Waals surface area contributed by atoms with Crippen molar-refractivity contribution in [1.82, 2.24) is 20.5 Å². The number of hydrogen-bond donors (Lipinski definition) is 2. The fraction of sp³-hybridized carbons (Fsp3) is 0.806. The van der Waals surface area contributed by atoms with Crippen molar-refractivity contribution < 1.29 is 28.6 Å². The number of aromatic nitrogens is 1. The Morgan fingerprint density at radius 3 is 2.57 bits per heavy atom. The van der Waals surface area contributed by atoms with Gasteiger partial charge in [-0.05, 0) is 76.5 Å². The van der Waals surface area contributed by atoms with Crippen LogP contribution in [-0.4, -0.2) is 92.4 Å². The number of rotatable bonds is 10. The molecule has 0 aromatic carbocycles. The largest absolute Gasteiger partial charge is 0.381 e. The van der Waals surface area contributed by atoms with Gasteiger partial charge in [0, 0.05) is 44.2 Å². The lowest BCUT2D eigenvalue weighted by atomic mass is 9.55. The topological polar surface area (TPSA) is 119 Å². The van der Waals surface area contributed by atoms with E-state index in [1.165, 1.54) is 11.3 Å². The van der Waals surface area contributed by atoms with E-state index in [-0.39, 0.29) is 34.5 Å². The summed E-state index contributed by atoms with van der Waals surface area (Å²) in [7, 11) is 1.59. The van der Waals surface area contributed by atoms with Gasteiger partial charge in [0.1, 0.15) is 10.9 Å². The van der Waals surface area contributed by atoms with E-state index in [2.05, 4.69) is 15.6 Å². The highest BCUT2D eigenvalue weighted by molar-refractivity contribution is 7.11. The second kappa shape index (κ2) is 12.5. The summed E-state index contributed by atoms with van der Waals surface area (Å²) in [5, 5.41) is 5.80. The Balaban J connectivity index is 1.13. The Labute approximate surface area is 252 Å². The molecule has 2 bridgehead atoms. The molecule has 6 fully saturated rings. The first-order valence-electron chi connectivity index (χ1n) is 15.8. The molecule has 11 heteroatoms. The Hall–Kier alpha value is -2.08. The fourth-order valence-corrected chi connectivity index (χ4v) is 8.88. The van der Waals surface area contributed by atoms with Gasteiger partial charge in [-0.2, -0.15) is 0 Å². The zero-order valence-corrected chi connectivity index (χ0v) is 25.8. The molecule has 2 aliphatic carbocycles. The molecule has 2 N–H and O–H groups in total. The third-order valence-electron chi connectivity index (χ3n) is 10.9. The highest BCUT2D eigenvalue weighted by Crippen LogP contribution is 2.57. The molecule has 10 nitrogen and oxygen atoms in total. The van der Waals surface area contributed by atoms with E-state index in [0.29, 0.717) is 49.1 Å². The third-order valence-corrected chi connectivity index (χ3v) is 11.6. The van der Waals surface area contributed by atoms with Crippen LogP contribution in [0.3, 0.4) is 0 Å². The van der Waals surface area contributed by atoms with E-state index in [1.54, 1.807) is 18.8 Å². The zero-order valence-electron chi connectivity index (χ0n) is 25.0. The monoisotopic (exact) mass is 602 g/mol. The fourth-order valence-electron chi connectivity index (χ4n) is 8.29. The van der Waals surface area contributed by atoms with E-state index >= 15 is 0 Å². The molecule has 4 aliphatic heterocycles. The summed E-state index contributed by atoms with van der Waals surface area (Å²) in [5.74, 6) is 0.342. The number of likely N-dealkylation sites (N-methyl/N-ethyl adjacent to an activating group) is 1. The third kappa shape index (κ3) is 6.12. The van der Waals surface area contributed by atoms with Gasteiger partial charge in [0.25, 0.3) is 5.91 Å². The molecule has 2 saturated carbocycles. The molecule has 4 saturated heterocycles. The second-order valence-corrected chi connectivity index (χ2v) is 14.5. The van der Waals surface area contributed by atoms with Gasteiger partial charge in [-0.1, -0.05) is 0 Å². The van der Waals surface area contributed by atoms with Crippen molar-refractivity contribution >= 4 is 29.1 Å². The number of ether oxygens (including phenoxy) is 3. The van der Waals surface area contributed by atoms with Gasteiger partial charge in [0.15, 0.2) is 0 Å². The predicted octanol–water partition coefficient (Wildman–Crippen LogP) is 3.02. The van der Waals surface area contributed by atoms with Crippen molar-refractivity contribution in [3.8, 4) is 0 Å². The number of thiazole rings is 1. The first-order chi connectivity index (χ1) is 20.3. The van der Waals surface area contributed by atoms with Crippen LogP contribution in [0.15, 0.2) is 11.7 Å². The molecule has 3 atom stereocenters. The number of carbonyl (C=O) groups is 3. The molecule has 1 aromatic heterocycles. The van der Waals surface area contributed by atoms with Crippen molar-refractivity contribution in [2.45, 2.75) is 83.0 Å². The van der Waals surface area contributed by atoms with Crippen molar-refractivity contribution in [3.63, 3.8) is 0 Å². The number of likely N-dealkylation sites (tertiary alicyclic amines) is 1. The van der Waals surface area contributed by atoms with Gasteiger partial charge in [0.05, 0.1) is 43.0 Å². The lowest BCUT2D eigenvalue weighted by Gasteiger charge is -2.49. The first-order valence-corrected chi connectivity index (χ1v) is 16.7. The molecule has 0 radical (unpaired) electrons. The number of amides is 3. The molecule has 6 aliphatic rings. The summed E-state index contributed by atoms with van der Waals surface area (Å²) in [5.41, 5.74) is 1.39. The molecule has 232 valence electrons. The highest BCUT2D eigenvalue weighted by Gasteiger charge is 2.58. The summed E-state index contributed by atoms with van der Waals surface area (Å²) in [4.78, 5) is 46.9. The summed E-state index contributed by atoms with van der Waals surface area (Å²) in [6.07, 6.45) is 11.0. The maximum atomic E-state index is 14.0. The Morgan fingerprint density at radius 2 is 1.93 bits per heavy atom. The number of nitrogens with zero attached hydrogens (tertiary/aromatic N) is 2. The minimum absolute atomic E-state index is 0.00131. The Kier molecular flexibility index (Phi) is 8.92. The minimum atomic E-state index is -0.818. The lowest BCUT2D eigenvalue weighted by molar-refractivity contribution is -0.155. The maximum absolute atomic E-state index is 14.0. The first kappa shape index (κ1) is 30.0. The normalized spacial score (nSPS) is 34.1. The van der Waals surface area contributed by atoms with Crippen LogP contribution < -0.4 is 10.6 Å². The van der Waals surface area contributed by atoms with E-state index in [1.807, 2.05) is 11.8 Å². The van der Waals surface area contributed by atoms with Crippen LogP contribution >= 0.6 is 11.3 Å². The zero-order chi connectivity index (χ0) is 29.3. The van der Waals surface area contributed by atoms with Crippen LogP contribution in [-0.2, 0) is 23.8 Å². The van der Waals surface area contributed by atoms with Crippen LogP contribution in [0.2, 0.25) is 0 Å². The molecule has 42 heavy (non-hydrogen) atoms. The molecular formula is C31H46N4O6S. The summed E-state index contributed by atoms with van der Waals surface area (Å²) in [6.45, 7) is 5.66. The lowest BCUT2D eigenvalue weighted by Crippen LogP contribution is -2.57. The minimum Gasteiger partial charge on any atom is -0.381 e. The molecule has 0 unspecified atom stereocenters. The van der Waals surface area contributed by atoms with E-state index in [4.69, 9.17) is 14.2 Å². The highest BCUT2D eigenvalue weighted by atomic mass is 32.1. The van der Waals surface area contributed by atoms with Crippen molar-refractivity contribution in [2.24, 2.45) is 28.6 Å². The van der Waals surface area contributed by atoms with Crippen molar-refractivity contribution in [3.05, 3.63) is 16.6 Å². The van der Waals surface area contributed by atoms with Gasteiger partial charge >= 0.3 is 0 Å². The molecule has 1 spiro atoms. The molecule has 1 aromatic rings. The molecule has 5 heterocycles. The average Bonchev–Trinajstić information content (AvgIpc) is 3.69.